The first kappa shape index (κ1) is 12.2. The van der Waals surface area contributed by atoms with Crippen LogP contribution in [0.2, 0.25) is 0 Å². The quantitative estimate of drug-likeness (QED) is 0.744. The third kappa shape index (κ3) is 2.10. The van der Waals surface area contributed by atoms with Crippen molar-refractivity contribution in [3.8, 4) is 0 Å². The highest BCUT2D eigenvalue weighted by Gasteiger charge is 2.07. The summed E-state index contributed by atoms with van der Waals surface area (Å²) in [6.45, 7) is 2.98. The maximum atomic E-state index is 5.43. The van der Waals surface area contributed by atoms with E-state index in [1.807, 2.05) is 30.1 Å². The number of aromatic amines is 1. The zero-order chi connectivity index (χ0) is 13.4. The molecule has 4 nitrogen and oxygen atoms in total. The van der Waals surface area contributed by atoms with E-state index in [4.69, 9.17) is 12.2 Å². The number of fused-ring (bicyclic) bond motifs is 1. The van der Waals surface area contributed by atoms with E-state index in [-0.39, 0.29) is 0 Å². The summed E-state index contributed by atoms with van der Waals surface area (Å²) in [5.74, 6) is 0. The molecule has 0 fully saturated rings. The highest BCUT2D eigenvalue weighted by molar-refractivity contribution is 7.71. The average Bonchev–Trinajstić information content (AvgIpc) is 2.91. The lowest BCUT2D eigenvalue weighted by Gasteiger charge is -2.07. The smallest absolute Gasteiger partial charge is 0.178 e. The lowest BCUT2D eigenvalue weighted by atomic mass is 10.2. The van der Waals surface area contributed by atoms with Crippen molar-refractivity contribution in [2.24, 2.45) is 7.05 Å². The summed E-state index contributed by atoms with van der Waals surface area (Å²) in [4.78, 5) is 3.27. The fourth-order valence-electron chi connectivity index (χ4n) is 2.49. The molecule has 0 bridgehead atoms. The Morgan fingerprint density at radius 3 is 2.89 bits per heavy atom. The molecule has 0 unspecified atom stereocenters. The number of aryl methyl sites for hydroxylation is 4. The van der Waals surface area contributed by atoms with Crippen LogP contribution >= 0.6 is 12.2 Å². The van der Waals surface area contributed by atoms with E-state index in [0.717, 1.165) is 23.3 Å². The van der Waals surface area contributed by atoms with Crippen LogP contribution in [0.1, 0.15) is 11.3 Å². The zero-order valence-corrected chi connectivity index (χ0v) is 11.9. The highest BCUT2D eigenvalue weighted by Crippen LogP contribution is 2.18. The van der Waals surface area contributed by atoms with E-state index in [1.165, 1.54) is 16.8 Å². The van der Waals surface area contributed by atoms with E-state index in [9.17, 15) is 0 Å². The Morgan fingerprint density at radius 2 is 2.16 bits per heavy atom. The molecular formula is C14H16N4S. The standard InChI is InChI=1S/C14H16N4S/c1-10-4-3-5-12-13(10)18(14(19)16-12)9-7-11-6-8-15-17(11)2/h3-6,8H,7,9H2,1-2H3,(H,16,19). The van der Waals surface area contributed by atoms with Crippen molar-refractivity contribution in [1.29, 1.82) is 0 Å². The first-order valence-electron chi connectivity index (χ1n) is 6.32. The van der Waals surface area contributed by atoms with Gasteiger partial charge in [0.25, 0.3) is 0 Å². The molecule has 2 aromatic heterocycles. The Hall–Kier alpha value is -1.88. The molecule has 0 atom stereocenters. The molecule has 0 amide bonds. The molecule has 0 saturated heterocycles. The van der Waals surface area contributed by atoms with Crippen LogP contribution in [0.25, 0.3) is 11.0 Å². The van der Waals surface area contributed by atoms with Crippen LogP contribution in [-0.4, -0.2) is 19.3 Å². The molecule has 19 heavy (non-hydrogen) atoms. The van der Waals surface area contributed by atoms with Crippen molar-refractivity contribution in [1.82, 2.24) is 19.3 Å². The molecule has 0 spiro atoms. The van der Waals surface area contributed by atoms with Crippen molar-refractivity contribution in [2.75, 3.05) is 0 Å². The van der Waals surface area contributed by atoms with Crippen LogP contribution in [0.3, 0.4) is 0 Å². The van der Waals surface area contributed by atoms with Gasteiger partial charge < -0.3 is 9.55 Å². The predicted octanol–water partition coefficient (Wildman–Crippen LogP) is 2.98. The summed E-state index contributed by atoms with van der Waals surface area (Å²) in [5, 5.41) is 4.19. The Morgan fingerprint density at radius 1 is 1.32 bits per heavy atom. The lowest BCUT2D eigenvalue weighted by Crippen LogP contribution is -2.06. The van der Waals surface area contributed by atoms with Crippen molar-refractivity contribution in [3.63, 3.8) is 0 Å². The van der Waals surface area contributed by atoms with Gasteiger partial charge in [0.15, 0.2) is 4.77 Å². The largest absolute Gasteiger partial charge is 0.331 e. The van der Waals surface area contributed by atoms with Crippen molar-refractivity contribution >= 4 is 23.3 Å². The third-order valence-corrected chi connectivity index (χ3v) is 3.83. The van der Waals surface area contributed by atoms with Gasteiger partial charge in [0.2, 0.25) is 0 Å². The molecule has 98 valence electrons. The summed E-state index contributed by atoms with van der Waals surface area (Å²) in [6.07, 6.45) is 2.75. The van der Waals surface area contributed by atoms with Crippen LogP contribution in [0.15, 0.2) is 30.5 Å². The minimum absolute atomic E-state index is 0.784. The monoisotopic (exact) mass is 272 g/mol. The Bertz CT molecular complexity index is 778. The summed E-state index contributed by atoms with van der Waals surface area (Å²) in [7, 11) is 1.97. The first-order chi connectivity index (χ1) is 9.16. The number of hydrogen-bond acceptors (Lipinski definition) is 2. The maximum Gasteiger partial charge on any atom is 0.178 e. The number of H-pyrrole nitrogens is 1. The number of nitrogens with zero attached hydrogens (tertiary/aromatic N) is 3. The Kier molecular flexibility index (Phi) is 2.98. The molecule has 1 N–H and O–H groups in total. The molecule has 0 aliphatic heterocycles. The molecule has 2 heterocycles. The SMILES string of the molecule is Cc1cccc2[nH]c(=S)n(CCc3ccnn3C)c12. The van der Waals surface area contributed by atoms with Crippen LogP contribution in [0.5, 0.6) is 0 Å². The van der Waals surface area contributed by atoms with E-state index >= 15 is 0 Å². The van der Waals surface area contributed by atoms with Gasteiger partial charge in [0, 0.05) is 31.9 Å². The number of rotatable bonds is 3. The van der Waals surface area contributed by atoms with Gasteiger partial charge in [-0.05, 0) is 36.8 Å². The van der Waals surface area contributed by atoms with Crippen molar-refractivity contribution in [3.05, 3.63) is 46.5 Å². The van der Waals surface area contributed by atoms with Crippen molar-refractivity contribution < 1.29 is 0 Å². The summed E-state index contributed by atoms with van der Waals surface area (Å²) >= 11 is 5.43. The normalized spacial score (nSPS) is 11.3. The molecule has 0 aliphatic carbocycles. The number of hydrogen-bond donors (Lipinski definition) is 1. The van der Waals surface area contributed by atoms with E-state index in [0.29, 0.717) is 0 Å². The van der Waals surface area contributed by atoms with Gasteiger partial charge in [0.05, 0.1) is 11.0 Å². The van der Waals surface area contributed by atoms with Gasteiger partial charge in [0.1, 0.15) is 0 Å². The number of imidazole rings is 1. The van der Waals surface area contributed by atoms with E-state index in [2.05, 4.69) is 33.7 Å². The van der Waals surface area contributed by atoms with E-state index < -0.39 is 0 Å². The Balaban J connectivity index is 1.99. The predicted molar refractivity (Wildman–Crippen MR) is 78.8 cm³/mol. The van der Waals surface area contributed by atoms with Crippen LogP contribution in [0.4, 0.5) is 0 Å². The summed E-state index contributed by atoms with van der Waals surface area (Å²) in [5.41, 5.74) is 4.77. The molecule has 1 aromatic carbocycles. The molecule has 3 aromatic rings. The number of nitrogens with one attached hydrogen (secondary N) is 1. The zero-order valence-electron chi connectivity index (χ0n) is 11.1. The second kappa shape index (κ2) is 4.66. The molecule has 5 heteroatoms. The van der Waals surface area contributed by atoms with Gasteiger partial charge in [-0.25, -0.2) is 0 Å². The van der Waals surface area contributed by atoms with Gasteiger partial charge in [-0.2, -0.15) is 5.10 Å². The second-order valence-electron chi connectivity index (χ2n) is 4.75. The van der Waals surface area contributed by atoms with Gasteiger partial charge >= 0.3 is 0 Å². The van der Waals surface area contributed by atoms with Crippen LogP contribution in [0, 0.1) is 11.7 Å². The minimum Gasteiger partial charge on any atom is -0.331 e. The summed E-state index contributed by atoms with van der Waals surface area (Å²) < 4.78 is 4.87. The maximum absolute atomic E-state index is 5.43. The molecule has 0 saturated carbocycles. The van der Waals surface area contributed by atoms with Gasteiger partial charge in [-0.1, -0.05) is 12.1 Å². The van der Waals surface area contributed by atoms with E-state index in [1.54, 1.807) is 0 Å². The number of aromatic nitrogens is 4. The number of para-hydroxylation sites is 1. The minimum atomic E-state index is 0.784. The lowest BCUT2D eigenvalue weighted by molar-refractivity contribution is 0.641. The fraction of sp³-hybridized carbons (Fsp3) is 0.286. The van der Waals surface area contributed by atoms with Gasteiger partial charge in [-0.3, -0.25) is 4.68 Å². The molecular weight excluding hydrogens is 256 g/mol. The Labute approximate surface area is 116 Å². The van der Waals surface area contributed by atoms with Crippen LogP contribution in [-0.2, 0) is 20.0 Å². The summed E-state index contributed by atoms with van der Waals surface area (Å²) in [6, 6.07) is 8.28. The van der Waals surface area contributed by atoms with Gasteiger partial charge in [-0.15, -0.1) is 0 Å². The second-order valence-corrected chi connectivity index (χ2v) is 5.14. The molecule has 0 radical (unpaired) electrons. The molecule has 3 rings (SSSR count). The fourth-order valence-corrected chi connectivity index (χ4v) is 2.78. The van der Waals surface area contributed by atoms with Crippen LogP contribution < -0.4 is 0 Å². The third-order valence-electron chi connectivity index (χ3n) is 3.51. The highest BCUT2D eigenvalue weighted by atomic mass is 32.1. The molecule has 0 aliphatic rings. The first-order valence-corrected chi connectivity index (χ1v) is 6.72. The number of benzene rings is 1. The average molecular weight is 272 g/mol. The topological polar surface area (TPSA) is 38.5 Å². The van der Waals surface area contributed by atoms with Crippen molar-refractivity contribution in [2.45, 2.75) is 19.9 Å².